The summed E-state index contributed by atoms with van der Waals surface area (Å²) in [6, 6.07) is 76.0. The van der Waals surface area contributed by atoms with E-state index < -0.39 is 11.0 Å². The van der Waals surface area contributed by atoms with E-state index in [1.165, 1.54) is 38.9 Å². The summed E-state index contributed by atoms with van der Waals surface area (Å²) < 4.78 is 6.68. The molecule has 8 aromatic carbocycles. The zero-order valence-corrected chi connectivity index (χ0v) is 31.8. The van der Waals surface area contributed by atoms with Gasteiger partial charge < -0.3 is 10.1 Å². The van der Waals surface area contributed by atoms with E-state index in [1.807, 2.05) is 0 Å². The van der Waals surface area contributed by atoms with Gasteiger partial charge in [0.05, 0.1) is 11.0 Å². The van der Waals surface area contributed by atoms with Gasteiger partial charge in [0.25, 0.3) is 0 Å². The predicted octanol–water partition coefficient (Wildman–Crippen LogP) is 12.7. The number of para-hydroxylation sites is 2. The van der Waals surface area contributed by atoms with Crippen LogP contribution in [0.15, 0.2) is 218 Å². The average Bonchev–Trinajstić information content (AvgIpc) is 3.29. The Hall–Kier alpha value is -6.94. The highest BCUT2D eigenvalue weighted by Gasteiger charge is 2.48. The lowest BCUT2D eigenvalue weighted by Gasteiger charge is -2.46. The third-order valence-electron chi connectivity index (χ3n) is 11.7. The first-order valence-electron chi connectivity index (χ1n) is 19.7. The number of fused-ring (bicyclic) bond motifs is 2. The second kappa shape index (κ2) is 14.3. The molecule has 2 atom stereocenters. The highest BCUT2D eigenvalue weighted by molar-refractivity contribution is 5.74. The topological polar surface area (TPSA) is 33.3 Å². The molecule has 2 aliphatic heterocycles. The van der Waals surface area contributed by atoms with Gasteiger partial charge in [-0.15, -0.1) is 0 Å². The van der Waals surface area contributed by atoms with Crippen molar-refractivity contribution < 1.29 is 4.74 Å². The van der Waals surface area contributed by atoms with Crippen LogP contribution >= 0.6 is 0 Å². The van der Waals surface area contributed by atoms with Crippen molar-refractivity contribution in [2.75, 3.05) is 0 Å². The zero-order chi connectivity index (χ0) is 38.2. The molecule has 0 saturated carbocycles. The van der Waals surface area contributed by atoms with Gasteiger partial charge in [0.15, 0.2) is 0 Å². The minimum atomic E-state index is -0.670. The lowest BCUT2D eigenvalue weighted by Crippen LogP contribution is -2.51. The van der Waals surface area contributed by atoms with Crippen molar-refractivity contribution in [1.82, 2.24) is 10.6 Å². The Balaban J connectivity index is 1.17. The minimum absolute atomic E-state index is 0.191. The third-order valence-corrected chi connectivity index (χ3v) is 11.7. The Kier molecular flexibility index (Phi) is 8.66. The van der Waals surface area contributed by atoms with Crippen molar-refractivity contribution in [3.05, 3.63) is 257 Å². The molecule has 2 N–H and O–H groups in total. The Morgan fingerprint density at radius 3 is 1.39 bits per heavy atom. The molecule has 3 nitrogen and oxygen atoms in total. The monoisotopic (exact) mass is 734 g/mol. The van der Waals surface area contributed by atoms with Crippen LogP contribution in [0.25, 0.3) is 28.0 Å². The minimum Gasteiger partial charge on any atom is -0.457 e. The van der Waals surface area contributed by atoms with E-state index in [2.05, 4.69) is 236 Å². The molecule has 0 bridgehead atoms. The van der Waals surface area contributed by atoms with Gasteiger partial charge in [0.2, 0.25) is 0 Å². The van der Waals surface area contributed by atoms with Crippen LogP contribution in [0.1, 0.15) is 52.0 Å². The molecule has 274 valence electrons. The summed E-state index contributed by atoms with van der Waals surface area (Å²) in [7, 11) is 0. The van der Waals surface area contributed by atoms with Gasteiger partial charge in [-0.25, -0.2) is 0 Å². The van der Waals surface area contributed by atoms with Gasteiger partial charge in [-0.2, -0.15) is 0 Å². The van der Waals surface area contributed by atoms with E-state index in [-0.39, 0.29) is 6.17 Å². The van der Waals surface area contributed by atoms with Crippen LogP contribution < -0.4 is 15.4 Å². The van der Waals surface area contributed by atoms with E-state index in [0.717, 1.165) is 39.4 Å². The average molecular weight is 735 g/mol. The van der Waals surface area contributed by atoms with Gasteiger partial charge in [0, 0.05) is 16.8 Å². The Bertz CT molecular complexity index is 2660. The van der Waals surface area contributed by atoms with E-state index >= 15 is 0 Å². The first-order chi connectivity index (χ1) is 28.1. The molecule has 0 spiro atoms. The summed E-state index contributed by atoms with van der Waals surface area (Å²) in [6.45, 7) is 2.33. The van der Waals surface area contributed by atoms with Crippen molar-refractivity contribution in [3.63, 3.8) is 0 Å². The summed E-state index contributed by atoms with van der Waals surface area (Å²) in [6.07, 6.45) is 2.19. The fourth-order valence-electron chi connectivity index (χ4n) is 9.03. The fraction of sp³-hybridized carbons (Fsp3) is 0.0741. The summed E-state index contributed by atoms with van der Waals surface area (Å²) in [5, 5.41) is 8.07. The SMILES string of the molecule is CC1(c2ccccc2C2(c3ccccc3)c3ccccc3Oc3ccccc32)C=C(c2ccc(-c3ccccc3)cc2)NC(c2ccc(-c3ccccc3)cc2)N1. The van der Waals surface area contributed by atoms with Gasteiger partial charge in [-0.1, -0.05) is 200 Å². The van der Waals surface area contributed by atoms with E-state index in [9.17, 15) is 0 Å². The van der Waals surface area contributed by atoms with E-state index in [1.54, 1.807) is 0 Å². The van der Waals surface area contributed by atoms with Crippen molar-refractivity contribution in [2.45, 2.75) is 24.0 Å². The van der Waals surface area contributed by atoms with Crippen LogP contribution in [0.4, 0.5) is 0 Å². The summed E-state index contributed by atoms with van der Waals surface area (Å²) in [4.78, 5) is 0. The normalized spacial score (nSPS) is 17.9. The van der Waals surface area contributed by atoms with Gasteiger partial charge in [-0.05, 0) is 75.2 Å². The molecule has 0 saturated heterocycles. The molecule has 8 aromatic rings. The quantitative estimate of drug-likeness (QED) is 0.171. The maximum Gasteiger partial charge on any atom is 0.132 e. The number of hydrogen-bond acceptors (Lipinski definition) is 3. The molecular formula is C54H42N2O. The van der Waals surface area contributed by atoms with Crippen LogP contribution in [-0.4, -0.2) is 0 Å². The largest absolute Gasteiger partial charge is 0.457 e. The maximum atomic E-state index is 6.68. The Morgan fingerprint density at radius 1 is 0.404 bits per heavy atom. The van der Waals surface area contributed by atoms with Gasteiger partial charge in [-0.3, -0.25) is 5.32 Å². The second-order valence-corrected chi connectivity index (χ2v) is 15.2. The van der Waals surface area contributed by atoms with Gasteiger partial charge >= 0.3 is 0 Å². The van der Waals surface area contributed by atoms with Crippen LogP contribution in [0.5, 0.6) is 11.5 Å². The van der Waals surface area contributed by atoms with E-state index in [0.29, 0.717) is 0 Å². The smallest absolute Gasteiger partial charge is 0.132 e. The molecular weight excluding hydrogens is 693 g/mol. The molecule has 0 fully saturated rings. The van der Waals surface area contributed by atoms with Crippen molar-refractivity contribution in [3.8, 4) is 33.8 Å². The zero-order valence-electron chi connectivity index (χ0n) is 31.8. The van der Waals surface area contributed by atoms with Crippen molar-refractivity contribution in [1.29, 1.82) is 0 Å². The molecule has 10 rings (SSSR count). The Morgan fingerprint density at radius 2 is 0.825 bits per heavy atom. The maximum absolute atomic E-state index is 6.68. The van der Waals surface area contributed by atoms with E-state index in [4.69, 9.17) is 4.74 Å². The first kappa shape index (κ1) is 34.5. The number of rotatable bonds is 7. The molecule has 0 aromatic heterocycles. The number of nitrogens with one attached hydrogen (secondary N) is 2. The van der Waals surface area contributed by atoms with Crippen LogP contribution in [-0.2, 0) is 11.0 Å². The second-order valence-electron chi connectivity index (χ2n) is 15.2. The summed E-state index contributed by atoms with van der Waals surface area (Å²) in [5.41, 5.74) is 12.7. The van der Waals surface area contributed by atoms with Crippen molar-refractivity contribution in [2.24, 2.45) is 0 Å². The third kappa shape index (κ3) is 6.05. The van der Waals surface area contributed by atoms with Crippen molar-refractivity contribution >= 4 is 5.70 Å². The molecule has 57 heavy (non-hydrogen) atoms. The summed E-state index contributed by atoms with van der Waals surface area (Å²) >= 11 is 0. The molecule has 0 amide bonds. The first-order valence-corrected chi connectivity index (χ1v) is 19.7. The number of hydrogen-bond donors (Lipinski definition) is 2. The molecule has 2 unspecified atom stereocenters. The molecule has 0 aliphatic carbocycles. The van der Waals surface area contributed by atoms with Crippen LogP contribution in [0, 0.1) is 0 Å². The molecule has 2 aliphatic rings. The lowest BCUT2D eigenvalue weighted by molar-refractivity contribution is 0.340. The highest BCUT2D eigenvalue weighted by atomic mass is 16.5. The fourth-order valence-corrected chi connectivity index (χ4v) is 9.03. The van der Waals surface area contributed by atoms with Gasteiger partial charge in [0.1, 0.15) is 17.7 Å². The molecule has 0 radical (unpaired) electrons. The predicted molar refractivity (Wildman–Crippen MR) is 233 cm³/mol. The highest BCUT2D eigenvalue weighted by Crippen LogP contribution is 2.57. The molecule has 2 heterocycles. The van der Waals surface area contributed by atoms with Crippen LogP contribution in [0.2, 0.25) is 0 Å². The lowest BCUT2D eigenvalue weighted by atomic mass is 9.61. The summed E-state index contributed by atoms with van der Waals surface area (Å²) in [5.74, 6) is 1.73. The standard InChI is InChI=1S/C54H42N2O/c1-53(45-23-11-12-24-46(45)54(44-21-9-4-10-22-44)47-25-13-15-27-50(47)57-51-28-16-14-26-48(51)54)37-49(42-33-29-40(30-34-42)38-17-5-2-6-18-38)55-52(56-53)43-35-31-41(32-36-43)39-19-7-3-8-20-39/h2-37,52,55-56H,1H3. The number of ether oxygens (including phenoxy) is 1. The number of benzene rings is 8. The molecule has 3 heteroatoms. The Labute approximate surface area is 335 Å². The van der Waals surface area contributed by atoms with Crippen LogP contribution in [0.3, 0.4) is 0 Å².